The van der Waals surface area contributed by atoms with Gasteiger partial charge < -0.3 is 0 Å². The highest BCUT2D eigenvalue weighted by atomic mass is 79.9. The number of aryl methyl sites for hydroxylation is 1. The summed E-state index contributed by atoms with van der Waals surface area (Å²) in [7, 11) is 0. The van der Waals surface area contributed by atoms with Gasteiger partial charge in [0.25, 0.3) is 0 Å². The third-order valence-corrected chi connectivity index (χ3v) is 3.61. The van der Waals surface area contributed by atoms with Gasteiger partial charge in [0.1, 0.15) is 5.82 Å². The Morgan fingerprint density at radius 2 is 2.13 bits per heavy atom. The van der Waals surface area contributed by atoms with E-state index in [4.69, 9.17) is 11.6 Å². The molecule has 0 spiro atoms. The molecule has 1 aromatic rings. The van der Waals surface area contributed by atoms with Crippen LogP contribution in [0.25, 0.3) is 0 Å². The van der Waals surface area contributed by atoms with Crippen molar-refractivity contribution in [3.8, 4) is 0 Å². The highest BCUT2D eigenvalue weighted by Crippen LogP contribution is 2.21. The van der Waals surface area contributed by atoms with Gasteiger partial charge in [-0.2, -0.15) is 0 Å². The van der Waals surface area contributed by atoms with Gasteiger partial charge in [-0.05, 0) is 37.0 Å². The summed E-state index contributed by atoms with van der Waals surface area (Å²) in [6.07, 6.45) is 4.28. The third kappa shape index (κ3) is 4.52. The average molecular weight is 294 g/mol. The molecule has 1 atom stereocenters. The summed E-state index contributed by atoms with van der Waals surface area (Å²) in [5.41, 5.74) is 1.03. The normalized spacial score (nSPS) is 12.8. The SMILES string of the molecule is CCCC(Br)CCc1ccc(F)cc1Cl. The predicted molar refractivity (Wildman–Crippen MR) is 67.4 cm³/mol. The fourth-order valence-electron chi connectivity index (χ4n) is 1.49. The highest BCUT2D eigenvalue weighted by molar-refractivity contribution is 9.09. The maximum atomic E-state index is 12.8. The Balaban J connectivity index is 2.50. The van der Waals surface area contributed by atoms with E-state index in [0.717, 1.165) is 18.4 Å². The van der Waals surface area contributed by atoms with Crippen molar-refractivity contribution in [3.63, 3.8) is 0 Å². The van der Waals surface area contributed by atoms with Crippen molar-refractivity contribution in [1.29, 1.82) is 0 Å². The molecule has 0 saturated heterocycles. The fourth-order valence-corrected chi connectivity index (χ4v) is 2.44. The van der Waals surface area contributed by atoms with Crippen molar-refractivity contribution in [3.05, 3.63) is 34.6 Å². The molecule has 0 aromatic heterocycles. The Hall–Kier alpha value is -0.0800. The largest absolute Gasteiger partial charge is 0.207 e. The molecule has 0 nitrogen and oxygen atoms in total. The molecule has 1 unspecified atom stereocenters. The molecule has 0 aliphatic rings. The molecule has 0 fully saturated rings. The summed E-state index contributed by atoms with van der Waals surface area (Å²) < 4.78 is 12.8. The molecule has 0 heterocycles. The second-order valence-corrected chi connectivity index (χ2v) is 5.36. The van der Waals surface area contributed by atoms with Gasteiger partial charge in [0, 0.05) is 9.85 Å². The number of hydrogen-bond donors (Lipinski definition) is 0. The Morgan fingerprint density at radius 1 is 1.40 bits per heavy atom. The van der Waals surface area contributed by atoms with Crippen LogP contribution in [0.4, 0.5) is 4.39 Å². The fraction of sp³-hybridized carbons (Fsp3) is 0.500. The van der Waals surface area contributed by atoms with Crippen LogP contribution in [-0.4, -0.2) is 4.83 Å². The van der Waals surface area contributed by atoms with Crippen LogP contribution < -0.4 is 0 Å². The Bertz CT molecular complexity index is 314. The summed E-state index contributed by atoms with van der Waals surface area (Å²) >= 11 is 9.55. The summed E-state index contributed by atoms with van der Waals surface area (Å²) in [6, 6.07) is 4.60. The lowest BCUT2D eigenvalue weighted by atomic mass is 10.1. The van der Waals surface area contributed by atoms with Crippen molar-refractivity contribution in [1.82, 2.24) is 0 Å². The lowest BCUT2D eigenvalue weighted by Gasteiger charge is -2.09. The Labute approximate surface area is 104 Å². The standard InChI is InChI=1S/C12H15BrClF/c1-2-3-10(13)6-4-9-5-7-11(15)8-12(9)14/h5,7-8,10H,2-4,6H2,1H3. The van der Waals surface area contributed by atoms with Gasteiger partial charge in [-0.1, -0.05) is 46.9 Å². The van der Waals surface area contributed by atoms with E-state index in [2.05, 4.69) is 22.9 Å². The van der Waals surface area contributed by atoms with E-state index < -0.39 is 0 Å². The van der Waals surface area contributed by atoms with Crippen LogP contribution in [0.5, 0.6) is 0 Å². The van der Waals surface area contributed by atoms with Crippen LogP contribution in [0.3, 0.4) is 0 Å². The maximum absolute atomic E-state index is 12.8. The van der Waals surface area contributed by atoms with Crippen LogP contribution in [0.2, 0.25) is 5.02 Å². The molecule has 0 aliphatic heterocycles. The minimum absolute atomic E-state index is 0.271. The Morgan fingerprint density at radius 3 is 2.73 bits per heavy atom. The first kappa shape index (κ1) is 13.0. The minimum Gasteiger partial charge on any atom is -0.207 e. The quantitative estimate of drug-likeness (QED) is 0.672. The molecule has 0 N–H and O–H groups in total. The van der Waals surface area contributed by atoms with E-state index in [1.165, 1.54) is 25.0 Å². The number of alkyl halides is 1. The summed E-state index contributed by atoms with van der Waals surface area (Å²) in [5, 5.41) is 0.534. The van der Waals surface area contributed by atoms with Crippen molar-refractivity contribution < 1.29 is 4.39 Å². The molecule has 0 aliphatic carbocycles. The van der Waals surface area contributed by atoms with Gasteiger partial charge in [0.2, 0.25) is 0 Å². The zero-order chi connectivity index (χ0) is 11.3. The number of benzene rings is 1. The third-order valence-electron chi connectivity index (χ3n) is 2.34. The molecular formula is C12H15BrClF. The summed E-state index contributed by atoms with van der Waals surface area (Å²) in [4.78, 5) is 0.531. The molecule has 0 bridgehead atoms. The number of hydrogen-bond acceptors (Lipinski definition) is 0. The molecule has 3 heteroatoms. The van der Waals surface area contributed by atoms with Gasteiger partial charge >= 0.3 is 0 Å². The second kappa shape index (κ2) is 6.49. The number of rotatable bonds is 5. The Kier molecular flexibility index (Phi) is 5.62. The van der Waals surface area contributed by atoms with Crippen LogP contribution in [0, 0.1) is 5.82 Å². The molecule has 0 amide bonds. The number of halogens is 3. The van der Waals surface area contributed by atoms with Crippen LogP contribution in [-0.2, 0) is 6.42 Å². The zero-order valence-corrected chi connectivity index (χ0v) is 11.1. The molecule has 1 aromatic carbocycles. The maximum Gasteiger partial charge on any atom is 0.124 e. The van der Waals surface area contributed by atoms with E-state index >= 15 is 0 Å². The first-order chi connectivity index (χ1) is 7.13. The molecule has 15 heavy (non-hydrogen) atoms. The second-order valence-electron chi connectivity index (χ2n) is 3.66. The topological polar surface area (TPSA) is 0 Å². The van der Waals surface area contributed by atoms with E-state index in [1.807, 2.05) is 0 Å². The van der Waals surface area contributed by atoms with Gasteiger partial charge in [-0.25, -0.2) is 4.39 Å². The summed E-state index contributed by atoms with van der Waals surface area (Å²) in [5.74, 6) is -0.271. The van der Waals surface area contributed by atoms with Crippen molar-refractivity contribution in [2.24, 2.45) is 0 Å². The van der Waals surface area contributed by atoms with Gasteiger partial charge in [-0.15, -0.1) is 0 Å². The summed E-state index contributed by atoms with van der Waals surface area (Å²) in [6.45, 7) is 2.17. The van der Waals surface area contributed by atoms with Crippen LogP contribution >= 0.6 is 27.5 Å². The van der Waals surface area contributed by atoms with Crippen LogP contribution in [0.1, 0.15) is 31.7 Å². The van der Waals surface area contributed by atoms with E-state index in [9.17, 15) is 4.39 Å². The van der Waals surface area contributed by atoms with Gasteiger partial charge in [0.15, 0.2) is 0 Å². The predicted octanol–water partition coefficient (Wildman–Crippen LogP) is 4.98. The molecule has 84 valence electrons. The molecule has 0 radical (unpaired) electrons. The van der Waals surface area contributed by atoms with Crippen LogP contribution in [0.15, 0.2) is 18.2 Å². The lowest BCUT2D eigenvalue weighted by molar-refractivity contribution is 0.626. The lowest BCUT2D eigenvalue weighted by Crippen LogP contribution is -2.00. The van der Waals surface area contributed by atoms with E-state index in [-0.39, 0.29) is 5.82 Å². The molecular weight excluding hydrogens is 278 g/mol. The monoisotopic (exact) mass is 292 g/mol. The molecule has 1 rings (SSSR count). The molecule has 0 saturated carbocycles. The minimum atomic E-state index is -0.271. The first-order valence-electron chi connectivity index (χ1n) is 5.21. The van der Waals surface area contributed by atoms with Crippen molar-refractivity contribution >= 4 is 27.5 Å². The van der Waals surface area contributed by atoms with Crippen molar-refractivity contribution in [2.75, 3.05) is 0 Å². The van der Waals surface area contributed by atoms with E-state index in [1.54, 1.807) is 6.07 Å². The van der Waals surface area contributed by atoms with E-state index in [0.29, 0.717) is 9.85 Å². The highest BCUT2D eigenvalue weighted by Gasteiger charge is 2.06. The smallest absolute Gasteiger partial charge is 0.124 e. The van der Waals surface area contributed by atoms with Crippen molar-refractivity contribution in [2.45, 2.75) is 37.4 Å². The van der Waals surface area contributed by atoms with Gasteiger partial charge in [0.05, 0.1) is 0 Å². The zero-order valence-electron chi connectivity index (χ0n) is 8.77. The average Bonchev–Trinajstić information content (AvgIpc) is 2.17. The van der Waals surface area contributed by atoms with Gasteiger partial charge in [-0.3, -0.25) is 0 Å². The first-order valence-corrected chi connectivity index (χ1v) is 6.51.